The number of carbonyl (C=O) groups excluding carboxylic acids is 1. The number of hydrogen-bond acceptors (Lipinski definition) is 3. The van der Waals surface area contributed by atoms with E-state index in [2.05, 4.69) is 4.90 Å². The molecule has 3 rings (SSSR count). The molecular weight excluding hydrogens is 262 g/mol. The lowest BCUT2D eigenvalue weighted by Gasteiger charge is -2.30. The molecule has 1 aliphatic heterocycles. The van der Waals surface area contributed by atoms with Crippen LogP contribution in [0.25, 0.3) is 0 Å². The van der Waals surface area contributed by atoms with Crippen LogP contribution in [0.3, 0.4) is 0 Å². The van der Waals surface area contributed by atoms with Crippen molar-refractivity contribution < 1.29 is 9.53 Å². The zero-order valence-corrected chi connectivity index (χ0v) is 11.9. The predicted octanol–water partition coefficient (Wildman–Crippen LogP) is 3.02. The van der Waals surface area contributed by atoms with Gasteiger partial charge in [-0.25, -0.2) is 0 Å². The van der Waals surface area contributed by atoms with Crippen LogP contribution in [0.4, 0.5) is 0 Å². The molecule has 0 bridgehead atoms. The first kappa shape index (κ1) is 13.8. The minimum absolute atomic E-state index is 0.160. The molecule has 3 nitrogen and oxygen atoms in total. The standard InChI is InChI=1S/C18H19NO2/c20-17(14-19-12-7-13-19)21-18(15-8-3-1-4-9-15)16-10-5-2-6-11-16/h1-6,8-11,18H,7,12-14H2. The topological polar surface area (TPSA) is 29.5 Å². The minimum atomic E-state index is -0.332. The van der Waals surface area contributed by atoms with Crippen molar-refractivity contribution >= 4 is 5.97 Å². The summed E-state index contributed by atoms with van der Waals surface area (Å²) in [5.74, 6) is -0.160. The van der Waals surface area contributed by atoms with Gasteiger partial charge in [0, 0.05) is 0 Å². The van der Waals surface area contributed by atoms with Gasteiger partial charge in [-0.15, -0.1) is 0 Å². The number of likely N-dealkylation sites (tertiary alicyclic amines) is 1. The van der Waals surface area contributed by atoms with Crippen molar-refractivity contribution in [3.05, 3.63) is 71.8 Å². The molecule has 0 atom stereocenters. The van der Waals surface area contributed by atoms with Gasteiger partial charge in [-0.3, -0.25) is 9.69 Å². The van der Waals surface area contributed by atoms with Gasteiger partial charge >= 0.3 is 5.97 Å². The van der Waals surface area contributed by atoms with Crippen molar-refractivity contribution in [2.75, 3.05) is 19.6 Å². The minimum Gasteiger partial charge on any atom is -0.452 e. The van der Waals surface area contributed by atoms with E-state index in [9.17, 15) is 4.79 Å². The van der Waals surface area contributed by atoms with E-state index in [4.69, 9.17) is 4.74 Å². The smallest absolute Gasteiger partial charge is 0.321 e. The Labute approximate surface area is 125 Å². The van der Waals surface area contributed by atoms with Crippen LogP contribution in [0.5, 0.6) is 0 Å². The highest BCUT2D eigenvalue weighted by Gasteiger charge is 2.22. The van der Waals surface area contributed by atoms with Crippen molar-refractivity contribution in [1.82, 2.24) is 4.90 Å². The Kier molecular flexibility index (Phi) is 4.31. The summed E-state index contributed by atoms with van der Waals surface area (Å²) in [6, 6.07) is 19.8. The van der Waals surface area contributed by atoms with Crippen molar-refractivity contribution in [3.63, 3.8) is 0 Å². The van der Waals surface area contributed by atoms with Crippen LogP contribution in [-0.4, -0.2) is 30.5 Å². The maximum absolute atomic E-state index is 12.1. The lowest BCUT2D eigenvalue weighted by atomic mass is 10.0. The first-order valence-electron chi connectivity index (χ1n) is 7.34. The molecule has 0 aliphatic carbocycles. The number of esters is 1. The Morgan fingerprint density at radius 2 is 1.48 bits per heavy atom. The second-order valence-electron chi connectivity index (χ2n) is 5.32. The zero-order chi connectivity index (χ0) is 14.5. The van der Waals surface area contributed by atoms with Crippen LogP contribution in [0, 0.1) is 0 Å². The maximum atomic E-state index is 12.1. The molecule has 1 fully saturated rings. The summed E-state index contributed by atoms with van der Waals surface area (Å²) in [6.45, 7) is 2.38. The molecule has 0 N–H and O–H groups in total. The zero-order valence-electron chi connectivity index (χ0n) is 11.9. The number of hydrogen-bond donors (Lipinski definition) is 0. The van der Waals surface area contributed by atoms with Crippen molar-refractivity contribution in [3.8, 4) is 0 Å². The Hall–Kier alpha value is -2.13. The van der Waals surface area contributed by atoms with E-state index in [0.717, 1.165) is 24.2 Å². The molecule has 0 saturated carbocycles. The summed E-state index contributed by atoms with van der Waals surface area (Å²) in [6.07, 6.45) is 0.842. The number of carbonyl (C=O) groups is 1. The molecular formula is C18H19NO2. The second-order valence-corrected chi connectivity index (χ2v) is 5.32. The summed E-state index contributed by atoms with van der Waals surface area (Å²) in [5.41, 5.74) is 2.00. The third-order valence-corrected chi connectivity index (χ3v) is 3.76. The first-order valence-corrected chi connectivity index (χ1v) is 7.34. The maximum Gasteiger partial charge on any atom is 0.321 e. The predicted molar refractivity (Wildman–Crippen MR) is 81.9 cm³/mol. The van der Waals surface area contributed by atoms with Gasteiger partial charge in [0.15, 0.2) is 6.10 Å². The van der Waals surface area contributed by atoms with Gasteiger partial charge in [-0.1, -0.05) is 60.7 Å². The highest BCUT2D eigenvalue weighted by atomic mass is 16.5. The van der Waals surface area contributed by atoms with Gasteiger partial charge in [-0.2, -0.15) is 0 Å². The van der Waals surface area contributed by atoms with Crippen LogP contribution in [0.2, 0.25) is 0 Å². The third-order valence-electron chi connectivity index (χ3n) is 3.76. The van der Waals surface area contributed by atoms with E-state index in [-0.39, 0.29) is 12.1 Å². The lowest BCUT2D eigenvalue weighted by molar-refractivity contribution is -0.149. The van der Waals surface area contributed by atoms with E-state index in [0.29, 0.717) is 6.54 Å². The van der Waals surface area contributed by atoms with Gasteiger partial charge in [-0.05, 0) is 30.6 Å². The van der Waals surface area contributed by atoms with Gasteiger partial charge in [0.2, 0.25) is 0 Å². The average molecular weight is 281 g/mol. The van der Waals surface area contributed by atoms with Gasteiger partial charge in [0.05, 0.1) is 6.54 Å². The summed E-state index contributed by atoms with van der Waals surface area (Å²) in [7, 11) is 0. The summed E-state index contributed by atoms with van der Waals surface area (Å²) < 4.78 is 5.75. The Morgan fingerprint density at radius 1 is 0.952 bits per heavy atom. The SMILES string of the molecule is O=C(CN1CCC1)OC(c1ccccc1)c1ccccc1. The number of rotatable bonds is 5. The Balaban J connectivity index is 1.77. The Morgan fingerprint density at radius 3 is 1.90 bits per heavy atom. The fraction of sp³-hybridized carbons (Fsp3) is 0.278. The summed E-state index contributed by atoms with van der Waals surface area (Å²) >= 11 is 0. The summed E-state index contributed by atoms with van der Waals surface area (Å²) in [4.78, 5) is 14.2. The number of ether oxygens (including phenoxy) is 1. The molecule has 1 heterocycles. The van der Waals surface area contributed by atoms with Crippen LogP contribution >= 0.6 is 0 Å². The molecule has 1 aliphatic rings. The van der Waals surface area contributed by atoms with Crippen molar-refractivity contribution in [1.29, 1.82) is 0 Å². The fourth-order valence-electron chi connectivity index (χ4n) is 2.48. The van der Waals surface area contributed by atoms with Crippen LogP contribution in [0.1, 0.15) is 23.7 Å². The average Bonchev–Trinajstić information content (AvgIpc) is 2.50. The van der Waals surface area contributed by atoms with Crippen molar-refractivity contribution in [2.45, 2.75) is 12.5 Å². The molecule has 3 heteroatoms. The van der Waals surface area contributed by atoms with E-state index in [1.165, 1.54) is 6.42 Å². The highest BCUT2D eigenvalue weighted by molar-refractivity contribution is 5.72. The molecule has 0 radical (unpaired) electrons. The largest absolute Gasteiger partial charge is 0.452 e. The quantitative estimate of drug-likeness (QED) is 0.789. The van der Waals surface area contributed by atoms with Gasteiger partial charge in [0.25, 0.3) is 0 Å². The molecule has 0 aromatic heterocycles. The van der Waals surface area contributed by atoms with Crippen LogP contribution < -0.4 is 0 Å². The molecule has 108 valence electrons. The summed E-state index contributed by atoms with van der Waals surface area (Å²) in [5, 5.41) is 0. The third kappa shape index (κ3) is 3.50. The van der Waals surface area contributed by atoms with Gasteiger partial charge < -0.3 is 4.74 Å². The molecule has 2 aromatic rings. The molecule has 0 spiro atoms. The lowest BCUT2D eigenvalue weighted by Crippen LogP contribution is -2.41. The molecule has 0 unspecified atom stereocenters. The fourth-order valence-corrected chi connectivity index (χ4v) is 2.48. The van der Waals surface area contributed by atoms with E-state index in [1.54, 1.807) is 0 Å². The normalized spacial score (nSPS) is 14.7. The molecule has 21 heavy (non-hydrogen) atoms. The molecule has 0 amide bonds. The molecule has 1 saturated heterocycles. The van der Waals surface area contributed by atoms with Gasteiger partial charge in [0.1, 0.15) is 0 Å². The first-order chi connectivity index (χ1) is 10.3. The second kappa shape index (κ2) is 6.55. The monoisotopic (exact) mass is 281 g/mol. The van der Waals surface area contributed by atoms with E-state index in [1.807, 2.05) is 60.7 Å². The number of nitrogens with zero attached hydrogens (tertiary/aromatic N) is 1. The van der Waals surface area contributed by atoms with E-state index < -0.39 is 0 Å². The van der Waals surface area contributed by atoms with Crippen LogP contribution in [0.15, 0.2) is 60.7 Å². The van der Waals surface area contributed by atoms with Crippen molar-refractivity contribution in [2.24, 2.45) is 0 Å². The molecule has 2 aromatic carbocycles. The van der Waals surface area contributed by atoms with Crippen LogP contribution in [-0.2, 0) is 9.53 Å². The Bertz CT molecular complexity index is 539. The number of benzene rings is 2. The highest BCUT2D eigenvalue weighted by Crippen LogP contribution is 2.26. The van der Waals surface area contributed by atoms with E-state index >= 15 is 0 Å².